The minimum Gasteiger partial charge on any atom is -0.492 e. The number of hydrogen-bond donors (Lipinski definition) is 2. The average molecular weight is 475 g/mol. The molecule has 1 aliphatic carbocycles. The molecule has 7 nitrogen and oxygen atoms in total. The van der Waals surface area contributed by atoms with Crippen LogP contribution in [0.1, 0.15) is 55.3 Å². The number of hydrogen-bond acceptors (Lipinski definition) is 5. The normalized spacial score (nSPS) is 19.5. The van der Waals surface area contributed by atoms with Crippen molar-refractivity contribution in [1.82, 2.24) is 15.5 Å². The number of rotatable bonds is 8. The molecule has 184 valence electrons. The largest absolute Gasteiger partial charge is 0.492 e. The van der Waals surface area contributed by atoms with Gasteiger partial charge in [-0.3, -0.25) is 9.59 Å². The number of benzene rings is 2. The number of likely N-dealkylation sites (N-methyl/N-ethyl adjacent to an activating group) is 1. The van der Waals surface area contributed by atoms with Crippen molar-refractivity contribution in [3.05, 3.63) is 54.1 Å². The molecule has 2 aromatic carbocycles. The van der Waals surface area contributed by atoms with Crippen LogP contribution in [0.15, 0.2) is 48.5 Å². The summed E-state index contributed by atoms with van der Waals surface area (Å²) in [7, 11) is 2.15. The molecule has 1 saturated heterocycles. The fraction of sp³-hybridized carbons (Fsp3) is 0.464. The van der Waals surface area contributed by atoms with Gasteiger partial charge in [-0.2, -0.15) is 5.26 Å². The highest BCUT2D eigenvalue weighted by Gasteiger charge is 2.40. The lowest BCUT2D eigenvalue weighted by molar-refractivity contribution is -0.128. The first-order chi connectivity index (χ1) is 17.0. The molecule has 2 aromatic rings. The van der Waals surface area contributed by atoms with Crippen molar-refractivity contribution in [3.8, 4) is 22.9 Å². The van der Waals surface area contributed by atoms with Crippen LogP contribution in [0.25, 0.3) is 11.1 Å². The SMILES string of the molecule is CN1CCCC1COc1ccc(-c2ccc(C(=O)NC3(C(=O)NCC#N)CCCCC3)cc2)cc1. The molecule has 35 heavy (non-hydrogen) atoms. The zero-order valence-electron chi connectivity index (χ0n) is 20.4. The summed E-state index contributed by atoms with van der Waals surface area (Å²) in [5.74, 6) is 0.314. The Labute approximate surface area is 207 Å². The van der Waals surface area contributed by atoms with E-state index in [4.69, 9.17) is 10.00 Å². The Morgan fingerprint density at radius 1 is 1.03 bits per heavy atom. The van der Waals surface area contributed by atoms with Gasteiger partial charge < -0.3 is 20.3 Å². The number of nitrogens with zero attached hydrogens (tertiary/aromatic N) is 2. The highest BCUT2D eigenvalue weighted by atomic mass is 16.5. The minimum absolute atomic E-state index is 0.0629. The summed E-state index contributed by atoms with van der Waals surface area (Å²) in [5, 5.41) is 14.4. The van der Waals surface area contributed by atoms with E-state index < -0.39 is 5.54 Å². The van der Waals surface area contributed by atoms with Crippen molar-refractivity contribution in [2.75, 3.05) is 26.7 Å². The van der Waals surface area contributed by atoms with Crippen LogP contribution >= 0.6 is 0 Å². The highest BCUT2D eigenvalue weighted by molar-refractivity contribution is 5.99. The van der Waals surface area contributed by atoms with Gasteiger partial charge in [0.25, 0.3) is 5.91 Å². The number of carbonyl (C=O) groups is 2. The van der Waals surface area contributed by atoms with E-state index in [0.717, 1.165) is 42.7 Å². The van der Waals surface area contributed by atoms with Gasteiger partial charge >= 0.3 is 0 Å². The third kappa shape index (κ3) is 6.01. The summed E-state index contributed by atoms with van der Waals surface area (Å²) in [6, 6.07) is 17.8. The fourth-order valence-corrected chi connectivity index (χ4v) is 5.08. The van der Waals surface area contributed by atoms with E-state index in [1.165, 1.54) is 12.8 Å². The molecule has 2 N–H and O–H groups in total. The summed E-state index contributed by atoms with van der Waals surface area (Å²) in [5.41, 5.74) is 1.60. The molecule has 7 heteroatoms. The molecule has 1 atom stereocenters. The summed E-state index contributed by atoms with van der Waals surface area (Å²) in [6.45, 7) is 1.78. The molecule has 0 bridgehead atoms. The Hall–Kier alpha value is -3.37. The van der Waals surface area contributed by atoms with Crippen molar-refractivity contribution in [2.45, 2.75) is 56.5 Å². The van der Waals surface area contributed by atoms with Crippen LogP contribution in [0.5, 0.6) is 5.75 Å². The first-order valence-electron chi connectivity index (χ1n) is 12.5. The van der Waals surface area contributed by atoms with Crippen molar-refractivity contribution in [1.29, 1.82) is 5.26 Å². The average Bonchev–Trinajstić information content (AvgIpc) is 3.31. The maximum absolute atomic E-state index is 13.0. The zero-order valence-corrected chi connectivity index (χ0v) is 20.4. The predicted octanol–water partition coefficient (Wildman–Crippen LogP) is 3.90. The van der Waals surface area contributed by atoms with Gasteiger partial charge in [-0.1, -0.05) is 43.5 Å². The van der Waals surface area contributed by atoms with Crippen LogP contribution in [0.3, 0.4) is 0 Å². The number of amides is 2. The summed E-state index contributed by atoms with van der Waals surface area (Å²) in [6.07, 6.45) is 6.36. The van der Waals surface area contributed by atoms with Gasteiger partial charge in [0.15, 0.2) is 0 Å². The predicted molar refractivity (Wildman–Crippen MR) is 135 cm³/mol. The lowest BCUT2D eigenvalue weighted by Gasteiger charge is -2.36. The Morgan fingerprint density at radius 3 is 2.29 bits per heavy atom. The molecule has 2 aliphatic rings. The topological polar surface area (TPSA) is 94.5 Å². The van der Waals surface area contributed by atoms with Crippen LogP contribution in [-0.2, 0) is 4.79 Å². The molecule has 1 saturated carbocycles. The number of carbonyl (C=O) groups excluding carboxylic acids is 2. The van der Waals surface area contributed by atoms with Crippen LogP contribution in [0.4, 0.5) is 0 Å². The maximum atomic E-state index is 13.0. The van der Waals surface area contributed by atoms with Gasteiger partial charge in [0.05, 0.1) is 6.07 Å². The summed E-state index contributed by atoms with van der Waals surface area (Å²) < 4.78 is 5.98. The van der Waals surface area contributed by atoms with E-state index in [2.05, 4.69) is 22.6 Å². The van der Waals surface area contributed by atoms with Crippen LogP contribution in [0.2, 0.25) is 0 Å². The Kier molecular flexibility index (Phi) is 8.04. The van der Waals surface area contributed by atoms with Gasteiger partial charge in [-0.25, -0.2) is 0 Å². The molecule has 2 amide bonds. The Morgan fingerprint density at radius 2 is 1.69 bits per heavy atom. The van der Waals surface area contributed by atoms with Gasteiger partial charge in [-0.15, -0.1) is 0 Å². The van der Waals surface area contributed by atoms with E-state index >= 15 is 0 Å². The van der Waals surface area contributed by atoms with E-state index in [0.29, 0.717) is 31.1 Å². The quantitative estimate of drug-likeness (QED) is 0.566. The van der Waals surface area contributed by atoms with Crippen molar-refractivity contribution >= 4 is 11.8 Å². The second kappa shape index (κ2) is 11.4. The Bertz CT molecular complexity index is 1050. The summed E-state index contributed by atoms with van der Waals surface area (Å²) >= 11 is 0. The first kappa shape index (κ1) is 24.7. The molecule has 0 aromatic heterocycles. The lowest BCUT2D eigenvalue weighted by atomic mass is 9.80. The van der Waals surface area contributed by atoms with E-state index in [-0.39, 0.29) is 18.4 Å². The third-order valence-corrected chi connectivity index (χ3v) is 7.27. The fourth-order valence-electron chi connectivity index (χ4n) is 5.08. The second-order valence-electron chi connectivity index (χ2n) is 9.63. The molecule has 4 rings (SSSR count). The molecule has 0 radical (unpaired) electrons. The molecule has 1 aliphatic heterocycles. The number of nitrogens with one attached hydrogen (secondary N) is 2. The molecule has 1 heterocycles. The van der Waals surface area contributed by atoms with Gasteiger partial charge in [0.2, 0.25) is 5.91 Å². The second-order valence-corrected chi connectivity index (χ2v) is 9.63. The van der Waals surface area contributed by atoms with Crippen LogP contribution < -0.4 is 15.4 Å². The molecular weight excluding hydrogens is 440 g/mol. The lowest BCUT2D eigenvalue weighted by Crippen LogP contribution is -2.59. The van der Waals surface area contributed by atoms with E-state index in [9.17, 15) is 9.59 Å². The third-order valence-electron chi connectivity index (χ3n) is 7.27. The number of ether oxygens (including phenoxy) is 1. The number of nitriles is 1. The van der Waals surface area contributed by atoms with Crippen molar-refractivity contribution in [2.24, 2.45) is 0 Å². The first-order valence-corrected chi connectivity index (χ1v) is 12.5. The molecular formula is C28H34N4O3. The summed E-state index contributed by atoms with van der Waals surface area (Å²) in [4.78, 5) is 28.1. The smallest absolute Gasteiger partial charge is 0.252 e. The van der Waals surface area contributed by atoms with Gasteiger partial charge in [-0.05, 0) is 74.7 Å². The molecule has 0 spiro atoms. The van der Waals surface area contributed by atoms with E-state index in [1.807, 2.05) is 42.5 Å². The molecule has 2 fully saturated rings. The van der Waals surface area contributed by atoms with Gasteiger partial charge in [0, 0.05) is 11.6 Å². The highest BCUT2D eigenvalue weighted by Crippen LogP contribution is 2.29. The maximum Gasteiger partial charge on any atom is 0.252 e. The molecule has 1 unspecified atom stereocenters. The minimum atomic E-state index is -0.950. The monoisotopic (exact) mass is 474 g/mol. The standard InChI is InChI=1S/C28H34N4O3/c1-32-19-5-6-24(32)20-35-25-13-11-22(12-14-25)21-7-9-23(10-8-21)26(33)31-28(15-3-2-4-16-28)27(34)30-18-17-29/h7-14,24H,2-6,15-16,18-20H2,1H3,(H,30,34)(H,31,33). The van der Waals surface area contributed by atoms with E-state index in [1.54, 1.807) is 12.1 Å². The number of likely N-dealkylation sites (tertiary alicyclic amines) is 1. The van der Waals surface area contributed by atoms with Crippen LogP contribution in [0, 0.1) is 11.3 Å². The Balaban J connectivity index is 1.38. The van der Waals surface area contributed by atoms with Gasteiger partial charge in [0.1, 0.15) is 24.4 Å². The van der Waals surface area contributed by atoms with Crippen molar-refractivity contribution < 1.29 is 14.3 Å². The van der Waals surface area contributed by atoms with Crippen LogP contribution in [-0.4, -0.2) is 55.0 Å². The van der Waals surface area contributed by atoms with Crippen molar-refractivity contribution in [3.63, 3.8) is 0 Å². The zero-order chi connectivity index (χ0) is 24.7.